The van der Waals surface area contributed by atoms with Gasteiger partial charge in [-0.3, -0.25) is 9.10 Å². The molecule has 2 aromatic carbocycles. The predicted molar refractivity (Wildman–Crippen MR) is 100 cm³/mol. The molecule has 0 fully saturated rings. The average Bonchev–Trinajstić information content (AvgIpc) is 2.64. The van der Waals surface area contributed by atoms with Gasteiger partial charge in [0.25, 0.3) is 5.91 Å². The molecule has 0 unspecified atom stereocenters. The molecular formula is C18H22N2O5S. The van der Waals surface area contributed by atoms with Crippen molar-refractivity contribution in [2.45, 2.75) is 6.54 Å². The maximum absolute atomic E-state index is 11.9. The molecule has 140 valence electrons. The number of nitrogens with zero attached hydrogens (tertiary/aromatic N) is 1. The highest BCUT2D eigenvalue weighted by Gasteiger charge is 2.12. The minimum atomic E-state index is -3.32. The van der Waals surface area contributed by atoms with Crippen LogP contribution in [0.1, 0.15) is 5.56 Å². The summed E-state index contributed by atoms with van der Waals surface area (Å²) >= 11 is 0. The second-order valence-electron chi connectivity index (χ2n) is 5.60. The first kappa shape index (κ1) is 19.6. The first-order chi connectivity index (χ1) is 12.3. The van der Waals surface area contributed by atoms with Gasteiger partial charge >= 0.3 is 0 Å². The summed E-state index contributed by atoms with van der Waals surface area (Å²) in [4.78, 5) is 11.9. The van der Waals surface area contributed by atoms with Crippen LogP contribution in [0.15, 0.2) is 48.5 Å². The van der Waals surface area contributed by atoms with Crippen LogP contribution in [-0.2, 0) is 21.4 Å². The van der Waals surface area contributed by atoms with E-state index in [1.54, 1.807) is 31.4 Å². The van der Waals surface area contributed by atoms with E-state index in [9.17, 15) is 13.2 Å². The lowest BCUT2D eigenvalue weighted by molar-refractivity contribution is -0.123. The summed E-state index contributed by atoms with van der Waals surface area (Å²) in [5.41, 5.74) is 1.39. The first-order valence-corrected chi connectivity index (χ1v) is 9.71. The van der Waals surface area contributed by atoms with E-state index in [0.717, 1.165) is 16.1 Å². The van der Waals surface area contributed by atoms with E-state index in [1.807, 2.05) is 24.3 Å². The van der Waals surface area contributed by atoms with Crippen molar-refractivity contribution >= 4 is 21.6 Å². The van der Waals surface area contributed by atoms with Crippen molar-refractivity contribution in [1.82, 2.24) is 5.32 Å². The van der Waals surface area contributed by atoms with Crippen molar-refractivity contribution in [3.8, 4) is 11.5 Å². The Labute approximate surface area is 153 Å². The summed E-state index contributed by atoms with van der Waals surface area (Å²) in [5, 5.41) is 2.76. The van der Waals surface area contributed by atoms with Gasteiger partial charge in [-0.15, -0.1) is 0 Å². The quantitative estimate of drug-likeness (QED) is 0.757. The molecule has 0 aromatic heterocycles. The molecule has 2 rings (SSSR count). The Kier molecular flexibility index (Phi) is 6.46. The van der Waals surface area contributed by atoms with Crippen LogP contribution >= 0.6 is 0 Å². The number of amides is 1. The molecular weight excluding hydrogens is 356 g/mol. The minimum absolute atomic E-state index is 0.142. The van der Waals surface area contributed by atoms with Crippen molar-refractivity contribution in [3.05, 3.63) is 54.1 Å². The number of sulfonamides is 1. The van der Waals surface area contributed by atoms with Gasteiger partial charge in [-0.25, -0.2) is 8.42 Å². The van der Waals surface area contributed by atoms with Gasteiger partial charge in [0, 0.05) is 19.2 Å². The van der Waals surface area contributed by atoms with Gasteiger partial charge in [-0.2, -0.15) is 0 Å². The van der Waals surface area contributed by atoms with Crippen LogP contribution in [0.3, 0.4) is 0 Å². The number of carbonyl (C=O) groups excluding carboxylic acids is 1. The number of methoxy groups -OCH3 is 1. The van der Waals surface area contributed by atoms with E-state index in [1.165, 1.54) is 7.05 Å². The van der Waals surface area contributed by atoms with E-state index in [0.29, 0.717) is 23.7 Å². The third kappa shape index (κ3) is 5.38. The predicted octanol–water partition coefficient (Wildman–Crippen LogP) is 1.79. The number of hydrogen-bond acceptors (Lipinski definition) is 5. The van der Waals surface area contributed by atoms with E-state index in [2.05, 4.69) is 5.32 Å². The van der Waals surface area contributed by atoms with Crippen molar-refractivity contribution in [1.29, 1.82) is 0 Å². The van der Waals surface area contributed by atoms with Crippen LogP contribution < -0.4 is 19.1 Å². The molecule has 7 nitrogen and oxygen atoms in total. The smallest absolute Gasteiger partial charge is 0.258 e. The number of ether oxygens (including phenoxy) is 2. The van der Waals surface area contributed by atoms with Crippen molar-refractivity contribution in [2.75, 3.05) is 31.3 Å². The Morgan fingerprint density at radius 1 is 1.12 bits per heavy atom. The standard InChI is InChI=1S/C18H22N2O5S/c1-20(26(3,22)23)15-8-10-16(11-9-15)25-13-18(21)19-12-14-6-4-5-7-17(14)24-2/h4-11H,12-13H2,1-3H3,(H,19,21). The van der Waals surface area contributed by atoms with Crippen LogP contribution in [-0.4, -0.2) is 41.3 Å². The molecule has 0 spiro atoms. The van der Waals surface area contributed by atoms with Crippen molar-refractivity contribution < 1.29 is 22.7 Å². The number of nitrogens with one attached hydrogen (secondary N) is 1. The maximum Gasteiger partial charge on any atom is 0.258 e. The molecule has 0 radical (unpaired) electrons. The second kappa shape index (κ2) is 8.57. The fourth-order valence-electron chi connectivity index (χ4n) is 2.19. The number of carbonyl (C=O) groups is 1. The van der Waals surface area contributed by atoms with Gasteiger partial charge in [-0.1, -0.05) is 18.2 Å². The Morgan fingerprint density at radius 2 is 1.77 bits per heavy atom. The zero-order valence-corrected chi connectivity index (χ0v) is 15.7. The lowest BCUT2D eigenvalue weighted by Gasteiger charge is -2.16. The highest BCUT2D eigenvalue weighted by Crippen LogP contribution is 2.20. The molecule has 0 bridgehead atoms. The Balaban J connectivity index is 1.85. The molecule has 2 aromatic rings. The Bertz CT molecular complexity index is 850. The molecule has 8 heteroatoms. The fraction of sp³-hybridized carbons (Fsp3) is 0.278. The number of para-hydroxylation sites is 1. The van der Waals surface area contributed by atoms with Crippen LogP contribution in [0.2, 0.25) is 0 Å². The molecule has 0 aliphatic heterocycles. The fourth-order valence-corrected chi connectivity index (χ4v) is 2.69. The Morgan fingerprint density at radius 3 is 2.38 bits per heavy atom. The zero-order chi connectivity index (χ0) is 19.2. The molecule has 0 heterocycles. The number of hydrogen-bond donors (Lipinski definition) is 1. The van der Waals surface area contributed by atoms with Crippen LogP contribution in [0.25, 0.3) is 0 Å². The summed E-state index contributed by atoms with van der Waals surface area (Å²) in [6.07, 6.45) is 1.13. The largest absolute Gasteiger partial charge is 0.496 e. The summed E-state index contributed by atoms with van der Waals surface area (Å²) < 4.78 is 34.8. The monoisotopic (exact) mass is 378 g/mol. The van der Waals surface area contributed by atoms with Crippen LogP contribution in [0, 0.1) is 0 Å². The van der Waals surface area contributed by atoms with Gasteiger partial charge in [0.1, 0.15) is 11.5 Å². The van der Waals surface area contributed by atoms with Gasteiger partial charge < -0.3 is 14.8 Å². The molecule has 0 atom stereocenters. The first-order valence-electron chi connectivity index (χ1n) is 7.86. The van der Waals surface area contributed by atoms with Crippen molar-refractivity contribution in [2.24, 2.45) is 0 Å². The topological polar surface area (TPSA) is 84.9 Å². The SMILES string of the molecule is COc1ccccc1CNC(=O)COc1ccc(N(C)S(C)(=O)=O)cc1. The molecule has 26 heavy (non-hydrogen) atoms. The highest BCUT2D eigenvalue weighted by atomic mass is 32.2. The summed E-state index contributed by atoms with van der Waals surface area (Å²) in [6, 6.07) is 13.9. The van der Waals surface area contributed by atoms with Gasteiger partial charge in [-0.05, 0) is 30.3 Å². The normalized spacial score (nSPS) is 10.9. The summed E-state index contributed by atoms with van der Waals surface area (Å²) in [6.45, 7) is 0.195. The molecule has 0 saturated heterocycles. The number of anilines is 1. The summed E-state index contributed by atoms with van der Waals surface area (Å²) in [5.74, 6) is 0.913. The highest BCUT2D eigenvalue weighted by molar-refractivity contribution is 7.92. The van der Waals surface area contributed by atoms with E-state index >= 15 is 0 Å². The van der Waals surface area contributed by atoms with Gasteiger partial charge in [0.15, 0.2) is 6.61 Å². The minimum Gasteiger partial charge on any atom is -0.496 e. The lowest BCUT2D eigenvalue weighted by atomic mass is 10.2. The average molecular weight is 378 g/mol. The molecule has 0 aliphatic carbocycles. The molecule has 0 saturated carbocycles. The maximum atomic E-state index is 11.9. The van der Waals surface area contributed by atoms with Gasteiger partial charge in [0.2, 0.25) is 10.0 Å². The van der Waals surface area contributed by atoms with Crippen LogP contribution in [0.4, 0.5) is 5.69 Å². The zero-order valence-electron chi connectivity index (χ0n) is 14.9. The second-order valence-corrected chi connectivity index (χ2v) is 7.62. The van der Waals surface area contributed by atoms with Crippen LogP contribution in [0.5, 0.6) is 11.5 Å². The molecule has 1 amide bonds. The lowest BCUT2D eigenvalue weighted by Crippen LogP contribution is -2.28. The third-order valence-corrected chi connectivity index (χ3v) is 4.94. The van der Waals surface area contributed by atoms with E-state index in [4.69, 9.17) is 9.47 Å². The Hall–Kier alpha value is -2.74. The number of benzene rings is 2. The van der Waals surface area contributed by atoms with Gasteiger partial charge in [0.05, 0.1) is 19.1 Å². The molecule has 1 N–H and O–H groups in total. The van der Waals surface area contributed by atoms with Crippen molar-refractivity contribution in [3.63, 3.8) is 0 Å². The van der Waals surface area contributed by atoms with E-state index in [-0.39, 0.29) is 12.5 Å². The molecule has 0 aliphatic rings. The summed E-state index contributed by atoms with van der Waals surface area (Å²) in [7, 11) is -0.269. The third-order valence-electron chi connectivity index (χ3n) is 3.74. The number of rotatable bonds is 8. The van der Waals surface area contributed by atoms with E-state index < -0.39 is 10.0 Å².